The summed E-state index contributed by atoms with van der Waals surface area (Å²) in [6.45, 7) is 5.75. The summed E-state index contributed by atoms with van der Waals surface area (Å²) in [5, 5.41) is 12.4. The fourth-order valence-electron chi connectivity index (χ4n) is 2.31. The van der Waals surface area contributed by atoms with Crippen LogP contribution < -0.4 is 5.32 Å². The Hall–Kier alpha value is -2.48. The van der Waals surface area contributed by atoms with Gasteiger partial charge in [0.2, 0.25) is 5.88 Å². The van der Waals surface area contributed by atoms with Gasteiger partial charge in [-0.2, -0.15) is 5.26 Å². The van der Waals surface area contributed by atoms with E-state index in [4.69, 9.17) is 4.42 Å². The SMILES string of the molecule is CCC(CC)NC(=O)c1c(C)oc(-n2cccc2)c1C#N. The highest BCUT2D eigenvalue weighted by Gasteiger charge is 2.25. The summed E-state index contributed by atoms with van der Waals surface area (Å²) < 4.78 is 7.32. The predicted octanol–water partition coefficient (Wildman–Crippen LogP) is 3.17. The van der Waals surface area contributed by atoms with Crippen LogP contribution in [0.1, 0.15) is 48.4 Å². The molecular formula is C16H19N3O2. The Labute approximate surface area is 124 Å². The van der Waals surface area contributed by atoms with Gasteiger partial charge in [-0.3, -0.25) is 9.36 Å². The Kier molecular flexibility index (Phi) is 4.49. The number of rotatable bonds is 5. The maximum Gasteiger partial charge on any atom is 0.256 e. The summed E-state index contributed by atoms with van der Waals surface area (Å²) in [4.78, 5) is 12.4. The number of nitrogens with zero attached hydrogens (tertiary/aromatic N) is 2. The van der Waals surface area contributed by atoms with E-state index in [1.165, 1.54) is 0 Å². The number of nitrogens with one attached hydrogen (secondary N) is 1. The first-order valence-corrected chi connectivity index (χ1v) is 7.10. The summed E-state index contributed by atoms with van der Waals surface area (Å²) in [5.74, 6) is 0.591. The number of aryl methyl sites for hydroxylation is 1. The number of carbonyl (C=O) groups is 1. The van der Waals surface area contributed by atoms with E-state index in [1.54, 1.807) is 23.9 Å². The number of hydrogen-bond acceptors (Lipinski definition) is 3. The zero-order valence-corrected chi connectivity index (χ0v) is 12.5. The number of aromatic nitrogens is 1. The van der Waals surface area contributed by atoms with Crippen LogP contribution >= 0.6 is 0 Å². The third kappa shape index (κ3) is 2.84. The van der Waals surface area contributed by atoms with Gasteiger partial charge in [0.15, 0.2) is 0 Å². The van der Waals surface area contributed by atoms with Crippen molar-refractivity contribution in [3.05, 3.63) is 41.4 Å². The average molecular weight is 285 g/mol. The first kappa shape index (κ1) is 14.9. The predicted molar refractivity (Wildman–Crippen MR) is 79.3 cm³/mol. The lowest BCUT2D eigenvalue weighted by molar-refractivity contribution is 0.0933. The van der Waals surface area contributed by atoms with E-state index < -0.39 is 0 Å². The molecule has 21 heavy (non-hydrogen) atoms. The lowest BCUT2D eigenvalue weighted by Crippen LogP contribution is -2.34. The van der Waals surface area contributed by atoms with Crippen molar-refractivity contribution in [2.24, 2.45) is 0 Å². The second-order valence-corrected chi connectivity index (χ2v) is 4.90. The van der Waals surface area contributed by atoms with Gasteiger partial charge >= 0.3 is 0 Å². The van der Waals surface area contributed by atoms with Crippen LogP contribution in [0.5, 0.6) is 0 Å². The molecule has 0 radical (unpaired) electrons. The molecule has 2 aromatic rings. The number of hydrogen-bond donors (Lipinski definition) is 1. The molecule has 0 aliphatic rings. The van der Waals surface area contributed by atoms with Gasteiger partial charge in [0.05, 0.1) is 0 Å². The van der Waals surface area contributed by atoms with Crippen molar-refractivity contribution in [2.45, 2.75) is 39.7 Å². The molecule has 0 spiro atoms. The molecule has 0 aliphatic carbocycles. The Morgan fingerprint density at radius 3 is 2.52 bits per heavy atom. The highest BCUT2D eigenvalue weighted by atomic mass is 16.4. The van der Waals surface area contributed by atoms with Crippen LogP contribution in [0.2, 0.25) is 0 Å². The summed E-state index contributed by atoms with van der Waals surface area (Å²) in [6, 6.07) is 5.87. The molecule has 0 aromatic carbocycles. The maximum absolute atomic E-state index is 12.4. The molecule has 0 aliphatic heterocycles. The van der Waals surface area contributed by atoms with Crippen LogP contribution in [0.4, 0.5) is 0 Å². The van der Waals surface area contributed by atoms with Crippen molar-refractivity contribution < 1.29 is 9.21 Å². The largest absolute Gasteiger partial charge is 0.443 e. The topological polar surface area (TPSA) is 71.0 Å². The third-order valence-corrected chi connectivity index (χ3v) is 3.56. The number of nitriles is 1. The molecule has 0 saturated heterocycles. The smallest absolute Gasteiger partial charge is 0.256 e. The van der Waals surface area contributed by atoms with E-state index in [0.29, 0.717) is 17.2 Å². The van der Waals surface area contributed by atoms with Crippen molar-refractivity contribution in [2.75, 3.05) is 0 Å². The number of amides is 1. The second-order valence-electron chi connectivity index (χ2n) is 4.90. The molecule has 2 rings (SSSR count). The zero-order valence-electron chi connectivity index (χ0n) is 12.5. The average Bonchev–Trinajstić information content (AvgIpc) is 3.11. The molecule has 1 amide bonds. The van der Waals surface area contributed by atoms with Crippen molar-refractivity contribution in [3.8, 4) is 12.0 Å². The molecular weight excluding hydrogens is 266 g/mol. The molecule has 5 heteroatoms. The molecule has 5 nitrogen and oxygen atoms in total. The van der Waals surface area contributed by atoms with Crippen LogP contribution in [0.3, 0.4) is 0 Å². The molecule has 0 saturated carbocycles. The minimum atomic E-state index is -0.250. The van der Waals surface area contributed by atoms with Gasteiger partial charge in [0.1, 0.15) is 23.0 Å². The van der Waals surface area contributed by atoms with Crippen molar-refractivity contribution in [1.82, 2.24) is 9.88 Å². The van der Waals surface area contributed by atoms with Crippen molar-refractivity contribution in [3.63, 3.8) is 0 Å². The van der Waals surface area contributed by atoms with E-state index in [9.17, 15) is 10.1 Å². The Morgan fingerprint density at radius 2 is 2.00 bits per heavy atom. The van der Waals surface area contributed by atoms with E-state index >= 15 is 0 Å². The number of furan rings is 1. The Bertz CT molecular complexity index is 658. The van der Waals surface area contributed by atoms with E-state index in [-0.39, 0.29) is 17.5 Å². The molecule has 2 heterocycles. The first-order valence-electron chi connectivity index (χ1n) is 7.10. The second kappa shape index (κ2) is 6.31. The van der Waals surface area contributed by atoms with Gasteiger partial charge in [-0.25, -0.2) is 0 Å². The van der Waals surface area contributed by atoms with E-state index in [0.717, 1.165) is 12.8 Å². The van der Waals surface area contributed by atoms with Crippen LogP contribution in [-0.4, -0.2) is 16.5 Å². The molecule has 0 unspecified atom stereocenters. The first-order chi connectivity index (χ1) is 10.1. The molecule has 0 fully saturated rings. The van der Waals surface area contributed by atoms with Crippen molar-refractivity contribution >= 4 is 5.91 Å². The number of carbonyl (C=O) groups excluding carboxylic acids is 1. The highest BCUT2D eigenvalue weighted by Crippen LogP contribution is 2.25. The minimum Gasteiger partial charge on any atom is -0.443 e. The quantitative estimate of drug-likeness (QED) is 0.917. The molecule has 110 valence electrons. The standard InChI is InChI=1S/C16H19N3O2/c1-4-12(5-2)18-15(20)14-11(3)21-16(13(14)10-17)19-8-6-7-9-19/h6-9,12H,4-5H2,1-3H3,(H,18,20). The van der Waals surface area contributed by atoms with Crippen molar-refractivity contribution in [1.29, 1.82) is 5.26 Å². The lowest BCUT2D eigenvalue weighted by atomic mass is 10.1. The Morgan fingerprint density at radius 1 is 1.38 bits per heavy atom. The van der Waals surface area contributed by atoms with Gasteiger partial charge in [0.25, 0.3) is 5.91 Å². The molecule has 2 aromatic heterocycles. The van der Waals surface area contributed by atoms with Gasteiger partial charge in [-0.1, -0.05) is 13.8 Å². The highest BCUT2D eigenvalue weighted by molar-refractivity contribution is 5.98. The lowest BCUT2D eigenvalue weighted by Gasteiger charge is -2.14. The van der Waals surface area contributed by atoms with Crippen LogP contribution in [-0.2, 0) is 0 Å². The molecule has 0 bridgehead atoms. The van der Waals surface area contributed by atoms with Gasteiger partial charge in [-0.15, -0.1) is 0 Å². The van der Waals surface area contributed by atoms with E-state index in [2.05, 4.69) is 11.4 Å². The summed E-state index contributed by atoms with van der Waals surface area (Å²) >= 11 is 0. The van der Waals surface area contributed by atoms with E-state index in [1.807, 2.05) is 26.0 Å². The van der Waals surface area contributed by atoms with Crippen LogP contribution in [0.25, 0.3) is 5.88 Å². The van der Waals surface area contributed by atoms with Crippen LogP contribution in [0.15, 0.2) is 28.9 Å². The van der Waals surface area contributed by atoms with Gasteiger partial charge < -0.3 is 9.73 Å². The molecule has 1 N–H and O–H groups in total. The summed E-state index contributed by atoms with van der Waals surface area (Å²) in [6.07, 6.45) is 5.26. The fraction of sp³-hybridized carbons (Fsp3) is 0.375. The summed E-state index contributed by atoms with van der Waals surface area (Å²) in [7, 11) is 0. The van der Waals surface area contributed by atoms with Gasteiger partial charge in [0, 0.05) is 18.4 Å². The summed E-state index contributed by atoms with van der Waals surface area (Å²) in [5.41, 5.74) is 0.597. The minimum absolute atomic E-state index is 0.105. The molecule has 0 atom stereocenters. The zero-order chi connectivity index (χ0) is 15.4. The normalized spacial score (nSPS) is 10.6. The maximum atomic E-state index is 12.4. The van der Waals surface area contributed by atoms with Gasteiger partial charge in [-0.05, 0) is 31.9 Å². The monoisotopic (exact) mass is 285 g/mol. The fourth-order valence-corrected chi connectivity index (χ4v) is 2.31. The third-order valence-electron chi connectivity index (χ3n) is 3.56. The van der Waals surface area contributed by atoms with Crippen LogP contribution in [0, 0.1) is 18.3 Å². The Balaban J connectivity index is 2.41.